The van der Waals surface area contributed by atoms with Gasteiger partial charge in [0, 0.05) is 15.0 Å². The first-order valence-corrected chi connectivity index (χ1v) is 9.30. The summed E-state index contributed by atoms with van der Waals surface area (Å²) in [5.74, 6) is 1.43. The van der Waals surface area contributed by atoms with Crippen molar-refractivity contribution in [3.8, 4) is 11.5 Å². The maximum atomic E-state index is 8.62. The second-order valence-corrected chi connectivity index (χ2v) is 6.84. The first-order valence-electron chi connectivity index (χ1n) is 8.54. The highest BCUT2D eigenvalue weighted by molar-refractivity contribution is 6.30. The summed E-state index contributed by atoms with van der Waals surface area (Å²) in [6, 6.07) is 22.1. The Morgan fingerprint density at radius 3 is 2.21 bits per heavy atom. The van der Waals surface area contributed by atoms with Gasteiger partial charge in [0.25, 0.3) is 0 Å². The Morgan fingerprint density at radius 2 is 1.57 bits per heavy atom. The van der Waals surface area contributed by atoms with Gasteiger partial charge in [-0.15, -0.1) is 0 Å². The Hall–Kier alpha value is -2.69. The van der Waals surface area contributed by atoms with E-state index in [1.165, 1.54) is 0 Å². The molecule has 28 heavy (non-hydrogen) atoms. The molecular formula is C21H17Cl2N3O2. The minimum absolute atomic E-state index is 0.189. The van der Waals surface area contributed by atoms with E-state index in [0.29, 0.717) is 28.2 Å². The normalized spacial score (nSPS) is 11.5. The molecule has 0 radical (unpaired) electrons. The molecule has 5 nitrogen and oxygen atoms in total. The standard InChI is InChI=1S/C21H17Cl2N3O2/c22-17-6-10-20(11-7-17)28-19-8-4-15(5-9-19)14-27-21(13-25-26-24)16-2-1-3-18(23)12-16/h1-12,21H,13-14H2/t21-/m0/s1. The van der Waals surface area contributed by atoms with E-state index >= 15 is 0 Å². The van der Waals surface area contributed by atoms with Gasteiger partial charge in [-0.25, -0.2) is 0 Å². The molecule has 0 aliphatic rings. The molecule has 0 saturated carbocycles. The molecule has 142 valence electrons. The van der Waals surface area contributed by atoms with Crippen LogP contribution in [0.4, 0.5) is 0 Å². The molecule has 3 aromatic rings. The van der Waals surface area contributed by atoms with E-state index in [0.717, 1.165) is 11.1 Å². The number of rotatable bonds is 8. The predicted octanol–water partition coefficient (Wildman–Crippen LogP) is 7.35. The van der Waals surface area contributed by atoms with Crippen LogP contribution in [0.2, 0.25) is 10.0 Å². The highest BCUT2D eigenvalue weighted by atomic mass is 35.5. The molecule has 0 amide bonds. The molecule has 0 aliphatic heterocycles. The van der Waals surface area contributed by atoms with E-state index in [9.17, 15) is 0 Å². The smallest absolute Gasteiger partial charge is 0.127 e. The number of halogens is 2. The Kier molecular flexibility index (Phi) is 7.18. The largest absolute Gasteiger partial charge is 0.457 e. The van der Waals surface area contributed by atoms with E-state index in [1.807, 2.05) is 54.6 Å². The number of benzene rings is 3. The van der Waals surface area contributed by atoms with Gasteiger partial charge in [-0.2, -0.15) is 0 Å². The fraction of sp³-hybridized carbons (Fsp3) is 0.143. The molecule has 3 rings (SSSR count). The van der Waals surface area contributed by atoms with Gasteiger partial charge in [-0.1, -0.05) is 52.6 Å². The fourth-order valence-electron chi connectivity index (χ4n) is 2.56. The van der Waals surface area contributed by atoms with Crippen LogP contribution in [0.3, 0.4) is 0 Å². The lowest BCUT2D eigenvalue weighted by molar-refractivity contribution is 0.0457. The van der Waals surface area contributed by atoms with Crippen molar-refractivity contribution in [1.82, 2.24) is 0 Å². The lowest BCUT2D eigenvalue weighted by Gasteiger charge is -2.17. The maximum Gasteiger partial charge on any atom is 0.127 e. The average Bonchev–Trinajstić information content (AvgIpc) is 2.71. The van der Waals surface area contributed by atoms with Gasteiger partial charge in [0.1, 0.15) is 11.5 Å². The highest BCUT2D eigenvalue weighted by Gasteiger charge is 2.12. The van der Waals surface area contributed by atoms with Crippen LogP contribution in [0.15, 0.2) is 77.9 Å². The topological polar surface area (TPSA) is 67.2 Å². The summed E-state index contributed by atoms with van der Waals surface area (Å²) < 4.78 is 11.7. The lowest BCUT2D eigenvalue weighted by Crippen LogP contribution is -2.08. The molecule has 0 spiro atoms. The highest BCUT2D eigenvalue weighted by Crippen LogP contribution is 2.25. The fourth-order valence-corrected chi connectivity index (χ4v) is 2.89. The number of hydrogen-bond acceptors (Lipinski definition) is 3. The summed E-state index contributed by atoms with van der Waals surface area (Å²) in [5.41, 5.74) is 10.5. The van der Waals surface area contributed by atoms with Crippen LogP contribution in [0.25, 0.3) is 10.4 Å². The van der Waals surface area contributed by atoms with Crippen molar-refractivity contribution in [1.29, 1.82) is 0 Å². The summed E-state index contributed by atoms with van der Waals surface area (Å²) >= 11 is 11.9. The van der Waals surface area contributed by atoms with Gasteiger partial charge >= 0.3 is 0 Å². The summed E-state index contributed by atoms with van der Waals surface area (Å²) in [5, 5.41) is 4.91. The predicted molar refractivity (Wildman–Crippen MR) is 111 cm³/mol. The SMILES string of the molecule is [N-]=[N+]=NC[C@H](OCc1ccc(Oc2ccc(Cl)cc2)cc1)c1cccc(Cl)c1. The Balaban J connectivity index is 1.63. The van der Waals surface area contributed by atoms with E-state index in [2.05, 4.69) is 10.0 Å². The molecule has 0 aromatic heterocycles. The zero-order valence-corrected chi connectivity index (χ0v) is 16.3. The van der Waals surface area contributed by atoms with Crippen molar-refractivity contribution >= 4 is 23.2 Å². The third-order valence-corrected chi connectivity index (χ3v) is 4.44. The molecule has 1 atom stereocenters. The monoisotopic (exact) mass is 413 g/mol. The Bertz CT molecular complexity index is 956. The van der Waals surface area contributed by atoms with Gasteiger partial charge in [-0.05, 0) is 65.2 Å². The summed E-state index contributed by atoms with van der Waals surface area (Å²) in [7, 11) is 0. The lowest BCUT2D eigenvalue weighted by atomic mass is 10.1. The van der Waals surface area contributed by atoms with Crippen molar-refractivity contribution in [2.75, 3.05) is 6.54 Å². The van der Waals surface area contributed by atoms with Crippen LogP contribution >= 0.6 is 23.2 Å². The van der Waals surface area contributed by atoms with E-state index in [-0.39, 0.29) is 12.6 Å². The third kappa shape index (κ3) is 5.91. The summed E-state index contributed by atoms with van der Waals surface area (Å²) in [6.07, 6.45) is -0.375. The van der Waals surface area contributed by atoms with Crippen molar-refractivity contribution < 1.29 is 9.47 Å². The molecule has 0 aliphatic carbocycles. The molecule has 0 fully saturated rings. The van der Waals surface area contributed by atoms with Crippen LogP contribution in [0, 0.1) is 0 Å². The van der Waals surface area contributed by atoms with Gasteiger partial charge in [0.15, 0.2) is 0 Å². The van der Waals surface area contributed by atoms with Crippen molar-refractivity contribution in [3.63, 3.8) is 0 Å². The van der Waals surface area contributed by atoms with E-state index in [1.54, 1.807) is 18.2 Å². The van der Waals surface area contributed by atoms with Gasteiger partial charge in [0.2, 0.25) is 0 Å². The van der Waals surface area contributed by atoms with Crippen LogP contribution in [0.5, 0.6) is 11.5 Å². The molecule has 0 N–H and O–H groups in total. The van der Waals surface area contributed by atoms with Gasteiger partial charge in [-0.3, -0.25) is 0 Å². The second-order valence-electron chi connectivity index (χ2n) is 5.97. The molecule has 3 aromatic carbocycles. The number of azide groups is 1. The zero-order valence-electron chi connectivity index (χ0n) is 14.8. The van der Waals surface area contributed by atoms with Crippen molar-refractivity contribution in [2.24, 2.45) is 5.11 Å². The van der Waals surface area contributed by atoms with Crippen molar-refractivity contribution in [2.45, 2.75) is 12.7 Å². The van der Waals surface area contributed by atoms with E-state index in [4.69, 9.17) is 38.2 Å². The van der Waals surface area contributed by atoms with Crippen LogP contribution in [0.1, 0.15) is 17.2 Å². The van der Waals surface area contributed by atoms with Crippen LogP contribution in [-0.4, -0.2) is 6.54 Å². The van der Waals surface area contributed by atoms with Crippen LogP contribution in [-0.2, 0) is 11.3 Å². The number of hydrogen-bond donors (Lipinski definition) is 0. The maximum absolute atomic E-state index is 8.62. The minimum atomic E-state index is -0.375. The Labute approximate surface area is 173 Å². The quantitative estimate of drug-likeness (QED) is 0.220. The minimum Gasteiger partial charge on any atom is -0.457 e. The second kappa shape index (κ2) is 10.0. The molecular weight excluding hydrogens is 397 g/mol. The molecule has 0 unspecified atom stereocenters. The zero-order chi connectivity index (χ0) is 19.8. The Morgan fingerprint density at radius 1 is 0.893 bits per heavy atom. The molecule has 7 heteroatoms. The number of nitrogens with zero attached hydrogens (tertiary/aromatic N) is 3. The van der Waals surface area contributed by atoms with Crippen molar-refractivity contribution in [3.05, 3.63) is 104 Å². The summed E-state index contributed by atoms with van der Waals surface area (Å²) in [4.78, 5) is 2.82. The molecule has 0 bridgehead atoms. The average molecular weight is 414 g/mol. The molecule has 0 saturated heterocycles. The number of ether oxygens (including phenoxy) is 2. The molecule has 0 heterocycles. The first kappa shape index (κ1) is 20.1. The first-order chi connectivity index (χ1) is 13.6. The van der Waals surface area contributed by atoms with E-state index < -0.39 is 0 Å². The van der Waals surface area contributed by atoms with Crippen LogP contribution < -0.4 is 4.74 Å². The van der Waals surface area contributed by atoms with Gasteiger partial charge in [0.05, 0.1) is 19.3 Å². The summed E-state index contributed by atoms with van der Waals surface area (Å²) in [6.45, 7) is 0.550. The van der Waals surface area contributed by atoms with Gasteiger partial charge < -0.3 is 9.47 Å². The third-order valence-electron chi connectivity index (χ3n) is 3.96.